The number of fused-ring (bicyclic) bond motifs is 1. The highest BCUT2D eigenvalue weighted by molar-refractivity contribution is 7.54. The Kier molecular flexibility index (Phi) is 9.53. The topological polar surface area (TPSA) is 120 Å². The highest BCUT2D eigenvalue weighted by atomic mass is 35.5. The smallest absolute Gasteiger partial charge is 0.497 e. The molecule has 0 saturated heterocycles. The van der Waals surface area contributed by atoms with Crippen LogP contribution in [0.1, 0.15) is 30.6 Å². The molecule has 3 aromatic rings. The van der Waals surface area contributed by atoms with Crippen molar-refractivity contribution in [3.05, 3.63) is 70.2 Å². The summed E-state index contributed by atoms with van der Waals surface area (Å²) in [5, 5.41) is 5.05. The molecule has 0 spiro atoms. The van der Waals surface area contributed by atoms with Crippen molar-refractivity contribution >= 4 is 58.8 Å². The Morgan fingerprint density at radius 1 is 1.22 bits per heavy atom. The van der Waals surface area contributed by atoms with Crippen LogP contribution in [-0.4, -0.2) is 37.0 Å². The second kappa shape index (κ2) is 12.4. The van der Waals surface area contributed by atoms with Crippen LogP contribution in [0.5, 0.6) is 5.75 Å². The fourth-order valence-corrected chi connectivity index (χ4v) is 5.72. The van der Waals surface area contributed by atoms with Gasteiger partial charge in [-0.2, -0.15) is 0 Å². The molecule has 1 amide bonds. The maximum Gasteiger partial charge on any atom is 0.510 e. The van der Waals surface area contributed by atoms with Crippen LogP contribution < -0.4 is 10.1 Å². The number of benzene rings is 2. The van der Waals surface area contributed by atoms with Crippen LogP contribution in [0.3, 0.4) is 0 Å². The van der Waals surface area contributed by atoms with E-state index in [1.54, 1.807) is 67.8 Å². The zero-order chi connectivity index (χ0) is 26.3. The van der Waals surface area contributed by atoms with Crippen LogP contribution in [0, 0.1) is 0 Å². The van der Waals surface area contributed by atoms with Crippen LogP contribution in [0.2, 0.25) is 5.02 Å². The van der Waals surface area contributed by atoms with Gasteiger partial charge in [-0.1, -0.05) is 23.7 Å². The normalized spacial score (nSPS) is 13.9. The van der Waals surface area contributed by atoms with E-state index >= 15 is 0 Å². The van der Waals surface area contributed by atoms with E-state index in [0.717, 1.165) is 10.3 Å². The molecule has 0 radical (unpaired) electrons. The van der Waals surface area contributed by atoms with Gasteiger partial charge in [-0.3, -0.25) is 13.9 Å². The van der Waals surface area contributed by atoms with Crippen LogP contribution in [0.25, 0.3) is 16.2 Å². The highest BCUT2D eigenvalue weighted by Gasteiger charge is 2.41. The first-order valence-electron chi connectivity index (χ1n) is 10.7. The quantitative estimate of drug-likeness (QED) is 0.175. The fourth-order valence-electron chi connectivity index (χ4n) is 3.19. The van der Waals surface area contributed by atoms with E-state index < -0.39 is 38.2 Å². The van der Waals surface area contributed by atoms with E-state index in [1.165, 1.54) is 24.6 Å². The van der Waals surface area contributed by atoms with E-state index in [-0.39, 0.29) is 5.56 Å². The van der Waals surface area contributed by atoms with E-state index in [1.807, 2.05) is 0 Å². The van der Waals surface area contributed by atoms with E-state index in [9.17, 15) is 19.0 Å². The predicted octanol–water partition coefficient (Wildman–Crippen LogP) is 6.11. The van der Waals surface area contributed by atoms with Crippen LogP contribution in [0.4, 0.5) is 4.79 Å². The average Bonchev–Trinajstić information content (AvgIpc) is 3.21. The molecule has 1 heterocycles. The number of hydrogen-bond donors (Lipinski definition) is 2. The fraction of sp³-hybridized carbons (Fsp3) is 0.250. The summed E-state index contributed by atoms with van der Waals surface area (Å²) in [6.45, 7) is 2.35. The van der Waals surface area contributed by atoms with Gasteiger partial charge in [0.25, 0.3) is 0 Å². The molecule has 3 rings (SSSR count). The lowest BCUT2D eigenvalue weighted by molar-refractivity contribution is -0.120. The maximum absolute atomic E-state index is 13.3. The Hall–Kier alpha value is -2.88. The van der Waals surface area contributed by atoms with Crippen molar-refractivity contribution in [1.29, 1.82) is 0 Å². The van der Waals surface area contributed by atoms with Gasteiger partial charge < -0.3 is 24.4 Å². The number of thiophene rings is 1. The molecule has 0 aliphatic rings. The monoisotopic (exact) mass is 553 g/mol. The summed E-state index contributed by atoms with van der Waals surface area (Å²) >= 11 is 7.41. The summed E-state index contributed by atoms with van der Waals surface area (Å²) in [7, 11) is -3.18. The third-order valence-electron chi connectivity index (χ3n) is 4.78. The van der Waals surface area contributed by atoms with Crippen molar-refractivity contribution in [2.75, 3.05) is 13.9 Å². The molecule has 2 atom stereocenters. The maximum atomic E-state index is 13.3. The molecule has 2 N–H and O–H groups in total. The van der Waals surface area contributed by atoms with Gasteiger partial charge in [0.05, 0.1) is 13.2 Å². The molecule has 1 aromatic heterocycles. The Morgan fingerprint density at radius 3 is 2.72 bits per heavy atom. The number of ether oxygens (including phenoxy) is 3. The lowest BCUT2D eigenvalue weighted by Crippen LogP contribution is -2.26. The van der Waals surface area contributed by atoms with Crippen molar-refractivity contribution in [3.63, 3.8) is 0 Å². The number of carbonyl (C=O) groups excluding carboxylic acids is 2. The summed E-state index contributed by atoms with van der Waals surface area (Å²) in [5.74, 6) is -0.170. The van der Waals surface area contributed by atoms with Crippen molar-refractivity contribution < 1.29 is 37.8 Å². The van der Waals surface area contributed by atoms with Gasteiger partial charge in [-0.05, 0) is 72.1 Å². The Balaban J connectivity index is 1.85. The number of halogens is 1. The van der Waals surface area contributed by atoms with Gasteiger partial charge in [0, 0.05) is 15.9 Å². The molecule has 0 aliphatic carbocycles. The summed E-state index contributed by atoms with van der Waals surface area (Å²) < 4.78 is 33.7. The first kappa shape index (κ1) is 27.7. The molecule has 0 fully saturated rings. The third kappa shape index (κ3) is 7.32. The van der Waals surface area contributed by atoms with Crippen LogP contribution in [-0.2, 0) is 23.4 Å². The predicted molar refractivity (Wildman–Crippen MR) is 138 cm³/mol. The van der Waals surface area contributed by atoms with Gasteiger partial charge in [-0.25, -0.2) is 4.79 Å². The highest BCUT2D eigenvalue weighted by Crippen LogP contribution is 2.58. The number of methoxy groups -OCH3 is 1. The second-order valence-corrected chi connectivity index (χ2v) is 11.0. The van der Waals surface area contributed by atoms with Gasteiger partial charge in [-0.15, -0.1) is 11.3 Å². The Morgan fingerprint density at radius 2 is 2.00 bits per heavy atom. The molecule has 192 valence electrons. The second-order valence-electron chi connectivity index (χ2n) is 7.72. The molecule has 12 heteroatoms. The number of nitrogens with one attached hydrogen (secondary N) is 1. The molecule has 36 heavy (non-hydrogen) atoms. The number of carbonyl (C=O) groups is 2. The molecular weight excluding hydrogens is 529 g/mol. The molecular formula is C24H25ClNO8PS. The molecule has 2 unspecified atom stereocenters. The Labute approximate surface area is 217 Å². The summed E-state index contributed by atoms with van der Waals surface area (Å²) in [6, 6.07) is 12.1. The van der Waals surface area contributed by atoms with Crippen LogP contribution >= 0.6 is 30.5 Å². The molecule has 9 nitrogen and oxygen atoms in total. The first-order valence-corrected chi connectivity index (χ1v) is 13.6. The van der Waals surface area contributed by atoms with Crippen LogP contribution in [0.15, 0.2) is 54.0 Å². The number of hydrogen-bond acceptors (Lipinski definition) is 8. The summed E-state index contributed by atoms with van der Waals surface area (Å²) in [4.78, 5) is 35.6. The van der Waals surface area contributed by atoms with Crippen molar-refractivity contribution in [2.24, 2.45) is 0 Å². The van der Waals surface area contributed by atoms with Crippen molar-refractivity contribution in [1.82, 2.24) is 5.32 Å². The van der Waals surface area contributed by atoms with E-state index in [0.29, 0.717) is 16.2 Å². The number of rotatable bonds is 10. The minimum absolute atomic E-state index is 0.250. The first-order chi connectivity index (χ1) is 17.1. The summed E-state index contributed by atoms with van der Waals surface area (Å²) in [6.07, 6.45) is 1.44. The van der Waals surface area contributed by atoms with Gasteiger partial charge in [0.2, 0.25) is 12.7 Å². The van der Waals surface area contributed by atoms with E-state index in [4.69, 9.17) is 30.3 Å². The zero-order valence-corrected chi connectivity index (χ0v) is 22.1. The minimum atomic E-state index is -4.72. The number of amides is 1. The lowest BCUT2D eigenvalue weighted by Gasteiger charge is -2.21. The Bertz CT molecular complexity index is 1310. The van der Waals surface area contributed by atoms with Crippen molar-refractivity contribution in [2.45, 2.75) is 25.6 Å². The molecule has 2 aromatic carbocycles. The molecule has 0 saturated carbocycles. The largest absolute Gasteiger partial charge is 0.510 e. The molecule has 0 aliphatic heterocycles. The average molecular weight is 554 g/mol. The third-order valence-corrected chi connectivity index (χ3v) is 7.63. The standard InChI is InChI=1S/C24H25ClNO8PS/c1-15(2)34-24(28)32-14-33-35(29,30)22(20-13-36-21-8-7-17(25)12-19(20)21)23(27)26-10-9-16-5-4-6-18(11-16)31-3/h4-13,15,22H,14H2,1-3H3,(H,26,27)(H,29,30)/b10-9+. The van der Waals surface area contributed by atoms with Crippen molar-refractivity contribution in [3.8, 4) is 5.75 Å². The SMILES string of the molecule is COc1cccc(/C=C/NC(=O)C(c2csc3ccc(Cl)cc23)P(=O)(O)OCOC(=O)OC(C)C)c1. The van der Waals surface area contributed by atoms with Gasteiger partial charge >= 0.3 is 13.8 Å². The van der Waals surface area contributed by atoms with Gasteiger partial charge in [0.15, 0.2) is 5.66 Å². The minimum Gasteiger partial charge on any atom is -0.497 e. The lowest BCUT2D eigenvalue weighted by atomic mass is 10.1. The summed E-state index contributed by atoms with van der Waals surface area (Å²) in [5.41, 5.74) is -0.649. The zero-order valence-electron chi connectivity index (χ0n) is 19.7. The van der Waals surface area contributed by atoms with Gasteiger partial charge in [0.1, 0.15) is 5.75 Å². The molecule has 0 bridgehead atoms. The van der Waals surface area contributed by atoms with E-state index in [2.05, 4.69) is 5.32 Å².